The third kappa shape index (κ3) is 6.91. The first kappa shape index (κ1) is 25.6. The topological polar surface area (TPSA) is 63.5 Å². The Morgan fingerprint density at radius 1 is 1.16 bits per heavy atom. The van der Waals surface area contributed by atoms with Gasteiger partial charge in [0, 0.05) is 25.7 Å². The molecule has 6 nitrogen and oxygen atoms in total. The smallest absolute Gasteiger partial charge is 0.191 e. The van der Waals surface area contributed by atoms with Crippen LogP contribution in [0.25, 0.3) is 5.69 Å². The maximum atomic E-state index is 14.0. The second kappa shape index (κ2) is 12.4. The molecule has 2 aromatic carbocycles. The number of aliphatic imine (C=N–C) groups is 1. The van der Waals surface area contributed by atoms with Gasteiger partial charge in [-0.25, -0.2) is 13.5 Å². The van der Waals surface area contributed by atoms with Gasteiger partial charge in [0.1, 0.15) is 5.82 Å². The third-order valence-electron chi connectivity index (χ3n) is 4.75. The molecule has 0 amide bonds. The van der Waals surface area contributed by atoms with Gasteiger partial charge in [-0.15, -0.1) is 24.0 Å². The molecule has 0 aliphatic heterocycles. The van der Waals surface area contributed by atoms with Crippen LogP contribution in [0.5, 0.6) is 5.75 Å². The Morgan fingerprint density at radius 2 is 1.91 bits per heavy atom. The number of nitrogens with zero attached hydrogens (tertiary/aromatic N) is 3. The van der Waals surface area contributed by atoms with Gasteiger partial charge in [0.25, 0.3) is 0 Å². The predicted molar refractivity (Wildman–Crippen MR) is 133 cm³/mol. The molecule has 9 heteroatoms. The van der Waals surface area contributed by atoms with Gasteiger partial charge in [0.05, 0.1) is 24.5 Å². The number of rotatable bonds is 8. The van der Waals surface area contributed by atoms with Crippen molar-refractivity contribution in [1.29, 1.82) is 0 Å². The second-order valence-corrected chi connectivity index (χ2v) is 7.00. The van der Waals surface area contributed by atoms with Crippen LogP contribution in [0.15, 0.2) is 59.7 Å². The standard InChI is InChI=1S/C23H27F2N5O.HI/c1-4-26-23(28-16(2)17-5-10-22(31-3)21(25)15-17)27-13-11-19-12-14-30(29-19)20-8-6-18(24)7-9-20;/h5-10,12,14-16H,4,11,13H2,1-3H3,(H2,26,27,28);1H. The van der Waals surface area contributed by atoms with E-state index in [9.17, 15) is 8.78 Å². The van der Waals surface area contributed by atoms with Gasteiger partial charge in [-0.3, -0.25) is 4.99 Å². The van der Waals surface area contributed by atoms with Gasteiger partial charge in [0.2, 0.25) is 0 Å². The summed E-state index contributed by atoms with van der Waals surface area (Å²) in [5.74, 6) is 0.189. The maximum Gasteiger partial charge on any atom is 0.191 e. The van der Waals surface area contributed by atoms with Crippen molar-refractivity contribution < 1.29 is 13.5 Å². The van der Waals surface area contributed by atoms with Crippen molar-refractivity contribution in [2.24, 2.45) is 4.99 Å². The molecule has 0 bridgehead atoms. The van der Waals surface area contributed by atoms with E-state index in [1.165, 1.54) is 25.3 Å². The summed E-state index contributed by atoms with van der Waals surface area (Å²) in [6, 6.07) is 12.9. The lowest BCUT2D eigenvalue weighted by Gasteiger charge is -2.18. The molecule has 0 saturated carbocycles. The first-order valence-corrected chi connectivity index (χ1v) is 10.2. The minimum absolute atomic E-state index is 0. The predicted octanol–water partition coefficient (Wildman–Crippen LogP) is 4.64. The van der Waals surface area contributed by atoms with E-state index >= 15 is 0 Å². The van der Waals surface area contributed by atoms with Crippen LogP contribution in [0.4, 0.5) is 8.78 Å². The summed E-state index contributed by atoms with van der Waals surface area (Å²) < 4.78 is 33.8. The lowest BCUT2D eigenvalue weighted by atomic mass is 10.1. The summed E-state index contributed by atoms with van der Waals surface area (Å²) in [4.78, 5) is 4.60. The molecule has 1 heterocycles. The van der Waals surface area contributed by atoms with Crippen molar-refractivity contribution in [2.75, 3.05) is 20.2 Å². The van der Waals surface area contributed by atoms with Gasteiger partial charge in [-0.05, 0) is 61.9 Å². The summed E-state index contributed by atoms with van der Waals surface area (Å²) in [6.07, 6.45) is 2.49. The molecule has 172 valence electrons. The highest BCUT2D eigenvalue weighted by atomic mass is 127. The zero-order valence-corrected chi connectivity index (χ0v) is 20.6. The number of guanidine groups is 1. The van der Waals surface area contributed by atoms with Crippen LogP contribution in [0.1, 0.15) is 31.1 Å². The fourth-order valence-electron chi connectivity index (χ4n) is 3.08. The zero-order chi connectivity index (χ0) is 22.2. The normalized spacial score (nSPS) is 12.1. The number of halogens is 3. The first-order chi connectivity index (χ1) is 15.0. The van der Waals surface area contributed by atoms with Gasteiger partial charge in [-0.2, -0.15) is 5.10 Å². The summed E-state index contributed by atoms with van der Waals surface area (Å²) in [7, 11) is 1.44. The van der Waals surface area contributed by atoms with E-state index in [4.69, 9.17) is 4.74 Å². The van der Waals surface area contributed by atoms with Gasteiger partial charge < -0.3 is 15.4 Å². The highest BCUT2D eigenvalue weighted by Gasteiger charge is 2.11. The number of benzene rings is 2. The Kier molecular flexibility index (Phi) is 9.89. The molecule has 0 radical (unpaired) electrons. The van der Waals surface area contributed by atoms with Crippen molar-refractivity contribution in [3.63, 3.8) is 0 Å². The Bertz CT molecular complexity index is 1020. The molecule has 0 aliphatic rings. The molecule has 1 atom stereocenters. The van der Waals surface area contributed by atoms with Gasteiger partial charge >= 0.3 is 0 Å². The molecule has 3 rings (SSSR count). The molecule has 0 saturated heterocycles. The first-order valence-electron chi connectivity index (χ1n) is 10.2. The summed E-state index contributed by atoms with van der Waals surface area (Å²) in [5, 5.41) is 11.0. The fraction of sp³-hybridized carbons (Fsp3) is 0.304. The van der Waals surface area contributed by atoms with Crippen molar-refractivity contribution >= 4 is 29.9 Å². The van der Waals surface area contributed by atoms with Crippen LogP contribution in [-0.4, -0.2) is 35.9 Å². The lowest BCUT2D eigenvalue weighted by molar-refractivity contribution is 0.386. The average molecular weight is 555 g/mol. The molecule has 32 heavy (non-hydrogen) atoms. The van der Waals surface area contributed by atoms with E-state index in [-0.39, 0.29) is 41.6 Å². The highest BCUT2D eigenvalue weighted by molar-refractivity contribution is 14.0. The van der Waals surface area contributed by atoms with Gasteiger partial charge in [0.15, 0.2) is 17.5 Å². The zero-order valence-electron chi connectivity index (χ0n) is 18.3. The molecule has 2 N–H and O–H groups in total. The lowest BCUT2D eigenvalue weighted by Crippen LogP contribution is -2.38. The third-order valence-corrected chi connectivity index (χ3v) is 4.75. The maximum absolute atomic E-state index is 14.0. The van der Waals surface area contributed by atoms with E-state index in [2.05, 4.69) is 20.7 Å². The van der Waals surface area contributed by atoms with E-state index in [0.29, 0.717) is 25.5 Å². The van der Waals surface area contributed by atoms with Crippen LogP contribution in [0.3, 0.4) is 0 Å². The number of aromatic nitrogens is 2. The quantitative estimate of drug-likeness (QED) is 0.242. The second-order valence-electron chi connectivity index (χ2n) is 7.00. The minimum Gasteiger partial charge on any atom is -0.494 e. The molecular formula is C23H28F2IN5O. The summed E-state index contributed by atoms with van der Waals surface area (Å²) in [6.45, 7) is 5.16. The van der Waals surface area contributed by atoms with Crippen molar-refractivity contribution in [3.05, 3.63) is 77.6 Å². The van der Waals surface area contributed by atoms with Crippen LogP contribution in [0, 0.1) is 11.6 Å². The number of methoxy groups -OCH3 is 1. The average Bonchev–Trinajstić information content (AvgIpc) is 3.23. The van der Waals surface area contributed by atoms with Crippen molar-refractivity contribution in [2.45, 2.75) is 26.3 Å². The summed E-state index contributed by atoms with van der Waals surface area (Å²) >= 11 is 0. The Balaban J connectivity index is 0.00000363. The van der Waals surface area contributed by atoms with E-state index in [1.54, 1.807) is 22.9 Å². The molecule has 3 aromatic rings. The highest BCUT2D eigenvalue weighted by Crippen LogP contribution is 2.21. The molecule has 1 unspecified atom stereocenters. The molecule has 0 spiro atoms. The summed E-state index contributed by atoms with van der Waals surface area (Å²) in [5.41, 5.74) is 2.47. The number of hydrogen-bond acceptors (Lipinski definition) is 3. The van der Waals surface area contributed by atoms with E-state index < -0.39 is 5.82 Å². The van der Waals surface area contributed by atoms with Crippen LogP contribution in [-0.2, 0) is 6.42 Å². The van der Waals surface area contributed by atoms with Crippen LogP contribution >= 0.6 is 24.0 Å². The van der Waals surface area contributed by atoms with E-state index in [0.717, 1.165) is 16.9 Å². The largest absolute Gasteiger partial charge is 0.494 e. The van der Waals surface area contributed by atoms with Crippen molar-refractivity contribution in [1.82, 2.24) is 20.4 Å². The van der Waals surface area contributed by atoms with Gasteiger partial charge in [-0.1, -0.05) is 6.07 Å². The van der Waals surface area contributed by atoms with Crippen LogP contribution in [0.2, 0.25) is 0 Å². The SMILES string of the molecule is CCNC(=NCCc1ccn(-c2ccc(F)cc2)n1)NC(C)c1ccc(OC)c(F)c1.I. The van der Waals surface area contributed by atoms with Crippen molar-refractivity contribution in [3.8, 4) is 11.4 Å². The van der Waals surface area contributed by atoms with Crippen LogP contribution < -0.4 is 15.4 Å². The molecular weight excluding hydrogens is 527 g/mol. The Morgan fingerprint density at radius 3 is 2.56 bits per heavy atom. The minimum atomic E-state index is -0.396. The fourth-order valence-corrected chi connectivity index (χ4v) is 3.08. The number of ether oxygens (including phenoxy) is 1. The van der Waals surface area contributed by atoms with E-state index in [1.807, 2.05) is 32.2 Å². The molecule has 0 aliphatic carbocycles. The number of nitrogens with one attached hydrogen (secondary N) is 2. The monoisotopic (exact) mass is 555 g/mol. The Hall–Kier alpha value is -2.69. The molecule has 1 aromatic heterocycles. The number of hydrogen-bond donors (Lipinski definition) is 2. The Labute approximate surface area is 204 Å². The molecule has 0 fully saturated rings.